The average Bonchev–Trinajstić information content (AvgIpc) is 2.18. The predicted octanol–water partition coefficient (Wildman–Crippen LogP) is 2.92. The maximum atomic E-state index is 13.4. The number of hydrogen-bond donors (Lipinski definition) is 1. The first-order valence-electron chi connectivity index (χ1n) is 4.07. The highest BCUT2D eigenvalue weighted by Gasteiger charge is 2.11. The van der Waals surface area contributed by atoms with Gasteiger partial charge in [-0.05, 0) is 28.1 Å². The monoisotopic (exact) mass is 281 g/mol. The minimum Gasteiger partial charge on any atom is -0.330 e. The largest absolute Gasteiger partial charge is 0.330 e. The summed E-state index contributed by atoms with van der Waals surface area (Å²) in [6.45, 7) is 0.516. The molecule has 1 nitrogen and oxygen atoms in total. The van der Waals surface area contributed by atoms with Gasteiger partial charge in [-0.15, -0.1) is 0 Å². The Balaban J connectivity index is 2.79. The number of thioether (sulfide) groups is 1. The van der Waals surface area contributed by atoms with Gasteiger partial charge < -0.3 is 5.73 Å². The van der Waals surface area contributed by atoms with Crippen molar-refractivity contribution in [1.29, 1.82) is 0 Å². The van der Waals surface area contributed by atoms with Crippen LogP contribution in [0.4, 0.5) is 8.78 Å². The average molecular weight is 282 g/mol. The minimum atomic E-state index is -0.519. The highest BCUT2D eigenvalue weighted by molar-refractivity contribution is 9.10. The van der Waals surface area contributed by atoms with Crippen LogP contribution in [0.15, 0.2) is 16.6 Å². The van der Waals surface area contributed by atoms with Crippen LogP contribution in [-0.4, -0.2) is 12.3 Å². The molecule has 0 unspecified atom stereocenters. The molecule has 0 aliphatic carbocycles. The molecule has 78 valence electrons. The molecular formula is C9H10BrF2NS. The SMILES string of the molecule is NCCSCc1c(F)ccc(Br)c1F. The minimum absolute atomic E-state index is 0.109. The van der Waals surface area contributed by atoms with Crippen LogP contribution in [0.3, 0.4) is 0 Å². The Morgan fingerprint density at radius 3 is 2.71 bits per heavy atom. The number of benzene rings is 1. The normalized spacial score (nSPS) is 10.6. The molecule has 0 saturated heterocycles. The van der Waals surface area contributed by atoms with Gasteiger partial charge in [-0.2, -0.15) is 11.8 Å². The Hall–Kier alpha value is -0.130. The lowest BCUT2D eigenvalue weighted by Crippen LogP contribution is -2.02. The van der Waals surface area contributed by atoms with Crippen LogP contribution in [0.1, 0.15) is 5.56 Å². The summed E-state index contributed by atoms with van der Waals surface area (Å²) in [5.41, 5.74) is 5.39. The first-order chi connectivity index (χ1) is 6.66. The van der Waals surface area contributed by atoms with Gasteiger partial charge in [-0.25, -0.2) is 8.78 Å². The predicted molar refractivity (Wildman–Crippen MR) is 59.3 cm³/mol. The topological polar surface area (TPSA) is 26.0 Å². The Labute approximate surface area is 94.2 Å². The maximum absolute atomic E-state index is 13.4. The summed E-state index contributed by atoms with van der Waals surface area (Å²) < 4.78 is 26.8. The molecule has 0 heterocycles. The quantitative estimate of drug-likeness (QED) is 0.678. The van der Waals surface area contributed by atoms with Gasteiger partial charge in [0, 0.05) is 23.6 Å². The van der Waals surface area contributed by atoms with Crippen LogP contribution in [-0.2, 0) is 5.75 Å². The van der Waals surface area contributed by atoms with Crippen molar-refractivity contribution in [3.63, 3.8) is 0 Å². The summed E-state index contributed by atoms with van der Waals surface area (Å²) in [6, 6.07) is 2.62. The van der Waals surface area contributed by atoms with Gasteiger partial charge in [-0.3, -0.25) is 0 Å². The van der Waals surface area contributed by atoms with Gasteiger partial charge in [0.2, 0.25) is 0 Å². The zero-order chi connectivity index (χ0) is 10.6. The summed E-state index contributed by atoms with van der Waals surface area (Å²) in [5, 5.41) is 0. The molecule has 0 fully saturated rings. The molecule has 0 aliphatic rings. The smallest absolute Gasteiger partial charge is 0.144 e. The summed E-state index contributed by atoms with van der Waals surface area (Å²) >= 11 is 4.43. The molecule has 0 spiro atoms. The molecule has 0 aliphatic heterocycles. The van der Waals surface area contributed by atoms with Crippen LogP contribution in [0.25, 0.3) is 0 Å². The van der Waals surface area contributed by atoms with E-state index in [-0.39, 0.29) is 5.56 Å². The van der Waals surface area contributed by atoms with Crippen molar-refractivity contribution in [2.24, 2.45) is 5.73 Å². The van der Waals surface area contributed by atoms with Crippen molar-refractivity contribution in [3.8, 4) is 0 Å². The molecule has 2 N–H and O–H groups in total. The fraction of sp³-hybridized carbons (Fsp3) is 0.333. The van der Waals surface area contributed by atoms with E-state index in [1.54, 1.807) is 0 Å². The molecule has 0 aromatic heterocycles. The Morgan fingerprint density at radius 1 is 1.36 bits per heavy atom. The lowest BCUT2D eigenvalue weighted by molar-refractivity contribution is 0.562. The van der Waals surface area contributed by atoms with Crippen molar-refractivity contribution < 1.29 is 8.78 Å². The molecule has 0 atom stereocenters. The van der Waals surface area contributed by atoms with Crippen molar-refractivity contribution in [3.05, 3.63) is 33.8 Å². The number of nitrogens with two attached hydrogens (primary N) is 1. The van der Waals surface area contributed by atoms with Gasteiger partial charge >= 0.3 is 0 Å². The van der Waals surface area contributed by atoms with Crippen molar-refractivity contribution in [1.82, 2.24) is 0 Å². The molecule has 0 bridgehead atoms. The summed E-state index contributed by atoms with van der Waals surface area (Å²) in [7, 11) is 0. The van der Waals surface area contributed by atoms with E-state index in [4.69, 9.17) is 5.73 Å². The highest BCUT2D eigenvalue weighted by Crippen LogP contribution is 2.24. The third-order valence-electron chi connectivity index (χ3n) is 1.65. The van der Waals surface area contributed by atoms with E-state index < -0.39 is 11.6 Å². The Morgan fingerprint density at radius 2 is 2.07 bits per heavy atom. The zero-order valence-corrected chi connectivity index (χ0v) is 9.80. The summed E-state index contributed by atoms with van der Waals surface area (Å²) in [6.07, 6.45) is 0. The van der Waals surface area contributed by atoms with Crippen LogP contribution in [0.5, 0.6) is 0 Å². The second-order valence-corrected chi connectivity index (χ2v) is 4.62. The van der Waals surface area contributed by atoms with Crippen LogP contribution < -0.4 is 5.73 Å². The van der Waals surface area contributed by atoms with E-state index in [0.717, 1.165) is 0 Å². The second kappa shape index (κ2) is 5.68. The van der Waals surface area contributed by atoms with Crippen LogP contribution >= 0.6 is 27.7 Å². The van der Waals surface area contributed by atoms with E-state index in [9.17, 15) is 8.78 Å². The molecule has 1 rings (SSSR count). The fourth-order valence-electron chi connectivity index (χ4n) is 0.959. The van der Waals surface area contributed by atoms with Gasteiger partial charge in [0.1, 0.15) is 11.6 Å². The first kappa shape index (κ1) is 11.9. The van der Waals surface area contributed by atoms with E-state index in [1.807, 2.05) is 0 Å². The molecule has 0 radical (unpaired) electrons. The third-order valence-corrected chi connectivity index (χ3v) is 3.28. The third kappa shape index (κ3) is 2.93. The summed E-state index contributed by atoms with van der Waals surface area (Å²) in [5.74, 6) is -0.00979. The number of halogens is 3. The van der Waals surface area contributed by atoms with Gasteiger partial charge in [-0.1, -0.05) is 0 Å². The first-order valence-corrected chi connectivity index (χ1v) is 6.01. The molecular weight excluding hydrogens is 272 g/mol. The fourth-order valence-corrected chi connectivity index (χ4v) is 2.11. The van der Waals surface area contributed by atoms with Gasteiger partial charge in [0.25, 0.3) is 0 Å². The van der Waals surface area contributed by atoms with Crippen LogP contribution in [0, 0.1) is 11.6 Å². The zero-order valence-electron chi connectivity index (χ0n) is 7.40. The van der Waals surface area contributed by atoms with Gasteiger partial charge in [0.15, 0.2) is 0 Å². The number of rotatable bonds is 4. The number of hydrogen-bond acceptors (Lipinski definition) is 2. The second-order valence-electron chi connectivity index (χ2n) is 2.66. The standard InChI is InChI=1S/C9H10BrF2NS/c10-7-1-2-8(11)6(9(7)12)5-14-4-3-13/h1-2H,3-5,13H2. The van der Waals surface area contributed by atoms with Crippen molar-refractivity contribution in [2.45, 2.75) is 5.75 Å². The molecule has 14 heavy (non-hydrogen) atoms. The Kier molecular flexibility index (Phi) is 4.84. The molecule has 1 aromatic rings. The van der Waals surface area contributed by atoms with E-state index >= 15 is 0 Å². The molecule has 0 saturated carbocycles. The highest BCUT2D eigenvalue weighted by atomic mass is 79.9. The molecule has 0 amide bonds. The lowest BCUT2D eigenvalue weighted by Gasteiger charge is -2.05. The molecule has 1 aromatic carbocycles. The van der Waals surface area contributed by atoms with E-state index in [0.29, 0.717) is 22.5 Å². The van der Waals surface area contributed by atoms with E-state index in [2.05, 4.69) is 15.9 Å². The van der Waals surface area contributed by atoms with Crippen molar-refractivity contribution >= 4 is 27.7 Å². The molecule has 5 heteroatoms. The lowest BCUT2D eigenvalue weighted by atomic mass is 10.2. The summed E-state index contributed by atoms with van der Waals surface area (Å²) in [4.78, 5) is 0. The Bertz CT molecular complexity index is 320. The maximum Gasteiger partial charge on any atom is 0.144 e. The van der Waals surface area contributed by atoms with Crippen molar-refractivity contribution in [2.75, 3.05) is 12.3 Å². The van der Waals surface area contributed by atoms with Crippen LogP contribution in [0.2, 0.25) is 0 Å². The van der Waals surface area contributed by atoms with Gasteiger partial charge in [0.05, 0.1) is 4.47 Å². The van der Waals surface area contributed by atoms with E-state index in [1.165, 1.54) is 23.9 Å².